The lowest BCUT2D eigenvalue weighted by Crippen LogP contribution is -2.42. The maximum atomic E-state index is 12.6. The van der Waals surface area contributed by atoms with Gasteiger partial charge in [0.15, 0.2) is 0 Å². The number of hydrogen-bond donors (Lipinski definition) is 1. The first-order valence-corrected chi connectivity index (χ1v) is 11.6. The Kier molecular flexibility index (Phi) is 8.06. The average Bonchev–Trinajstić information content (AvgIpc) is 3.20. The molecule has 0 bridgehead atoms. The second-order valence-corrected chi connectivity index (χ2v) is 9.62. The molecule has 174 valence electrons. The van der Waals surface area contributed by atoms with Gasteiger partial charge in [-0.05, 0) is 51.7 Å². The van der Waals surface area contributed by atoms with Gasteiger partial charge in [0.2, 0.25) is 0 Å². The van der Waals surface area contributed by atoms with Gasteiger partial charge in [-0.3, -0.25) is 9.71 Å². The number of aromatic nitrogens is 1. The molecule has 9 heteroatoms. The molecule has 2 aromatic rings. The Morgan fingerprint density at radius 2 is 1.97 bits per heavy atom. The summed E-state index contributed by atoms with van der Waals surface area (Å²) in [6.45, 7) is 6.54. The maximum Gasteiger partial charge on any atom is 0.411 e. The lowest BCUT2D eigenvalue weighted by Gasteiger charge is -2.33. The SMILES string of the molecule is CC(C)(C)OC(=O)N1CCC(COC(=O)Nc2ccccc2-c2nc(CCF)cs2)CC1. The fraction of sp³-hybridized carbons (Fsp3) is 0.522. The van der Waals surface area contributed by atoms with Crippen LogP contribution in [0.4, 0.5) is 19.7 Å². The van der Waals surface area contributed by atoms with E-state index in [1.54, 1.807) is 11.0 Å². The number of para-hydroxylation sites is 1. The van der Waals surface area contributed by atoms with Gasteiger partial charge in [0.25, 0.3) is 0 Å². The van der Waals surface area contributed by atoms with E-state index in [9.17, 15) is 14.0 Å². The summed E-state index contributed by atoms with van der Waals surface area (Å²) in [5, 5.41) is 5.34. The van der Waals surface area contributed by atoms with Crippen LogP contribution in [0, 0.1) is 5.92 Å². The molecule has 7 nitrogen and oxygen atoms in total. The van der Waals surface area contributed by atoms with Gasteiger partial charge in [-0.1, -0.05) is 12.1 Å². The summed E-state index contributed by atoms with van der Waals surface area (Å²) in [5.41, 5.74) is 1.55. The zero-order valence-electron chi connectivity index (χ0n) is 18.7. The fourth-order valence-corrected chi connectivity index (χ4v) is 4.26. The van der Waals surface area contributed by atoms with Crippen molar-refractivity contribution in [2.45, 2.75) is 45.6 Å². The quantitative estimate of drug-likeness (QED) is 0.610. The lowest BCUT2D eigenvalue weighted by atomic mass is 9.98. The highest BCUT2D eigenvalue weighted by molar-refractivity contribution is 7.13. The van der Waals surface area contributed by atoms with Crippen LogP contribution in [0.15, 0.2) is 29.6 Å². The van der Waals surface area contributed by atoms with Crippen molar-refractivity contribution >= 4 is 29.2 Å². The van der Waals surface area contributed by atoms with E-state index in [1.807, 2.05) is 44.4 Å². The van der Waals surface area contributed by atoms with Crippen LogP contribution in [0.1, 0.15) is 39.3 Å². The fourth-order valence-electron chi connectivity index (χ4n) is 3.37. The molecule has 0 saturated carbocycles. The highest BCUT2D eigenvalue weighted by atomic mass is 32.1. The van der Waals surface area contributed by atoms with Crippen molar-refractivity contribution in [1.82, 2.24) is 9.88 Å². The van der Waals surface area contributed by atoms with Crippen molar-refractivity contribution in [3.63, 3.8) is 0 Å². The van der Waals surface area contributed by atoms with Gasteiger partial charge in [0.1, 0.15) is 10.6 Å². The van der Waals surface area contributed by atoms with Gasteiger partial charge in [0.05, 0.1) is 24.7 Å². The second kappa shape index (κ2) is 10.8. The number of alkyl halides is 1. The number of piperidine rings is 1. The Labute approximate surface area is 191 Å². The van der Waals surface area contributed by atoms with E-state index in [1.165, 1.54) is 11.3 Å². The van der Waals surface area contributed by atoms with Gasteiger partial charge in [-0.15, -0.1) is 11.3 Å². The summed E-state index contributed by atoms with van der Waals surface area (Å²) < 4.78 is 23.4. The summed E-state index contributed by atoms with van der Waals surface area (Å²) in [6.07, 6.45) is 0.940. The third-order valence-electron chi connectivity index (χ3n) is 5.01. The Morgan fingerprint density at radius 3 is 2.66 bits per heavy atom. The van der Waals surface area contributed by atoms with E-state index in [2.05, 4.69) is 10.3 Å². The summed E-state index contributed by atoms with van der Waals surface area (Å²) in [4.78, 5) is 30.7. The first-order valence-electron chi connectivity index (χ1n) is 10.8. The minimum absolute atomic E-state index is 0.192. The number of nitrogens with zero attached hydrogens (tertiary/aromatic N) is 2. The molecule has 1 N–H and O–H groups in total. The van der Waals surface area contributed by atoms with Crippen LogP contribution in [0.3, 0.4) is 0 Å². The molecule has 1 aliphatic heterocycles. The number of ether oxygens (including phenoxy) is 2. The number of anilines is 1. The topological polar surface area (TPSA) is 80.8 Å². The molecule has 2 amide bonds. The van der Waals surface area contributed by atoms with E-state index in [0.717, 1.165) is 23.4 Å². The molecule has 0 atom stereocenters. The maximum absolute atomic E-state index is 12.6. The molecule has 2 heterocycles. The monoisotopic (exact) mass is 463 g/mol. The van der Waals surface area contributed by atoms with E-state index in [0.29, 0.717) is 24.5 Å². The van der Waals surface area contributed by atoms with Crippen molar-refractivity contribution in [1.29, 1.82) is 0 Å². The van der Waals surface area contributed by atoms with Crippen LogP contribution in [-0.4, -0.2) is 54.0 Å². The number of likely N-dealkylation sites (tertiary alicyclic amines) is 1. The van der Waals surface area contributed by atoms with Crippen LogP contribution >= 0.6 is 11.3 Å². The van der Waals surface area contributed by atoms with Gasteiger partial charge in [-0.2, -0.15) is 0 Å². The molecule has 0 radical (unpaired) electrons. The average molecular weight is 464 g/mol. The molecule has 1 fully saturated rings. The molecule has 0 spiro atoms. The number of amides is 2. The van der Waals surface area contributed by atoms with Crippen LogP contribution in [0.5, 0.6) is 0 Å². The number of hydrogen-bond acceptors (Lipinski definition) is 6. The van der Waals surface area contributed by atoms with Crippen LogP contribution in [0.2, 0.25) is 0 Å². The number of carbonyl (C=O) groups excluding carboxylic acids is 2. The van der Waals surface area contributed by atoms with Crippen molar-refractivity contribution < 1.29 is 23.5 Å². The minimum Gasteiger partial charge on any atom is -0.449 e. The van der Waals surface area contributed by atoms with Crippen molar-refractivity contribution in [2.24, 2.45) is 5.92 Å². The predicted octanol–water partition coefficient (Wildman–Crippen LogP) is 5.52. The van der Waals surface area contributed by atoms with Crippen LogP contribution in [-0.2, 0) is 15.9 Å². The largest absolute Gasteiger partial charge is 0.449 e. The second-order valence-electron chi connectivity index (χ2n) is 8.76. The summed E-state index contributed by atoms with van der Waals surface area (Å²) >= 11 is 1.41. The molecular formula is C23H30FN3O4S. The number of benzene rings is 1. The zero-order chi connectivity index (χ0) is 23.1. The Hall–Kier alpha value is -2.68. The first-order chi connectivity index (χ1) is 15.2. The summed E-state index contributed by atoms with van der Waals surface area (Å²) in [6, 6.07) is 7.33. The molecule has 0 aliphatic carbocycles. The Morgan fingerprint density at radius 1 is 1.25 bits per heavy atom. The predicted molar refractivity (Wildman–Crippen MR) is 123 cm³/mol. The van der Waals surface area contributed by atoms with Gasteiger partial charge >= 0.3 is 12.2 Å². The Bertz CT molecular complexity index is 920. The van der Waals surface area contributed by atoms with Crippen molar-refractivity contribution in [2.75, 3.05) is 31.7 Å². The minimum atomic E-state index is -0.535. The highest BCUT2D eigenvalue weighted by Gasteiger charge is 2.27. The summed E-state index contributed by atoms with van der Waals surface area (Å²) in [5.74, 6) is 0.192. The number of thiazole rings is 1. The zero-order valence-corrected chi connectivity index (χ0v) is 19.5. The smallest absolute Gasteiger partial charge is 0.411 e. The number of rotatable bonds is 6. The van der Waals surface area contributed by atoms with Gasteiger partial charge < -0.3 is 14.4 Å². The van der Waals surface area contributed by atoms with E-state index >= 15 is 0 Å². The van der Waals surface area contributed by atoms with E-state index in [-0.39, 0.29) is 25.0 Å². The lowest BCUT2D eigenvalue weighted by molar-refractivity contribution is 0.0153. The number of halogens is 1. The highest BCUT2D eigenvalue weighted by Crippen LogP contribution is 2.31. The Balaban J connectivity index is 1.48. The third-order valence-corrected chi connectivity index (χ3v) is 5.94. The molecule has 32 heavy (non-hydrogen) atoms. The molecule has 1 aromatic heterocycles. The standard InChI is InChI=1S/C23H30FN3O4S/c1-23(2,3)31-22(29)27-12-9-16(10-13-27)14-30-21(28)26-19-7-5-4-6-18(19)20-25-17(8-11-24)15-32-20/h4-7,15-16H,8-14H2,1-3H3,(H,26,28). The van der Waals surface area contributed by atoms with Crippen molar-refractivity contribution in [3.05, 3.63) is 35.3 Å². The molecular weight excluding hydrogens is 433 g/mol. The van der Waals surface area contributed by atoms with Gasteiger partial charge in [-0.25, -0.2) is 14.6 Å². The van der Waals surface area contributed by atoms with Crippen LogP contribution in [0.25, 0.3) is 10.6 Å². The van der Waals surface area contributed by atoms with Gasteiger partial charge in [0, 0.05) is 30.5 Å². The molecule has 1 aromatic carbocycles. The first kappa shape index (κ1) is 24.0. The molecule has 1 saturated heterocycles. The molecule has 0 unspecified atom stereocenters. The summed E-state index contributed by atoms with van der Waals surface area (Å²) in [7, 11) is 0. The normalized spacial score (nSPS) is 14.8. The molecule has 3 rings (SSSR count). The van der Waals surface area contributed by atoms with Crippen LogP contribution < -0.4 is 5.32 Å². The van der Waals surface area contributed by atoms with Crippen molar-refractivity contribution in [3.8, 4) is 10.6 Å². The van der Waals surface area contributed by atoms with E-state index < -0.39 is 18.4 Å². The van der Waals surface area contributed by atoms with E-state index in [4.69, 9.17) is 9.47 Å². The third kappa shape index (κ3) is 6.91. The number of aryl methyl sites for hydroxylation is 1. The number of carbonyl (C=O) groups is 2. The number of nitrogens with one attached hydrogen (secondary N) is 1. The molecule has 1 aliphatic rings.